The first-order chi connectivity index (χ1) is 13.9. The molecule has 5 nitrogen and oxygen atoms in total. The van der Waals surface area contributed by atoms with Crippen molar-refractivity contribution >= 4 is 11.6 Å². The standard InChI is InChI=1S/C20H22F5N3O2/c1-18(11-29)10-28(18)17(30)13-4-7-27-14(8-12-2-5-19(21,22)6-3-12)16(20(23,24)25)26-15(27)9-13/h4,7,9,12,29H,2-3,5-6,8,10-11H2,1H3. The summed E-state index contributed by atoms with van der Waals surface area (Å²) in [6.07, 6.45) is -3.67. The number of hydrogen-bond acceptors (Lipinski definition) is 3. The van der Waals surface area contributed by atoms with Gasteiger partial charge in [0, 0.05) is 31.1 Å². The van der Waals surface area contributed by atoms with Gasteiger partial charge in [-0.3, -0.25) is 4.79 Å². The van der Waals surface area contributed by atoms with Crippen LogP contribution in [0.3, 0.4) is 0 Å². The maximum Gasteiger partial charge on any atom is 0.435 e. The molecule has 1 N–H and O–H groups in total. The Kier molecular flexibility index (Phi) is 4.83. The average Bonchev–Trinajstić information content (AvgIpc) is 3.22. The fourth-order valence-corrected chi connectivity index (χ4v) is 4.14. The first-order valence-electron chi connectivity index (χ1n) is 9.82. The van der Waals surface area contributed by atoms with Crippen LogP contribution in [0.1, 0.15) is 54.4 Å². The molecule has 1 saturated carbocycles. The van der Waals surface area contributed by atoms with Crippen molar-refractivity contribution < 1.29 is 31.9 Å². The Labute approximate surface area is 169 Å². The van der Waals surface area contributed by atoms with Crippen molar-refractivity contribution in [2.45, 2.75) is 56.7 Å². The largest absolute Gasteiger partial charge is 0.435 e. The SMILES string of the molecule is CC1(CO)CN1C(=O)c1ccn2c(CC3CCC(F)(F)CC3)c(C(F)(F)F)nc2c1. The zero-order valence-electron chi connectivity index (χ0n) is 16.3. The zero-order valence-corrected chi connectivity index (χ0v) is 16.3. The van der Waals surface area contributed by atoms with Crippen LogP contribution in [0.5, 0.6) is 0 Å². The van der Waals surface area contributed by atoms with Crippen molar-refractivity contribution in [3.05, 3.63) is 35.3 Å². The number of amides is 1. The molecule has 0 bridgehead atoms. The van der Waals surface area contributed by atoms with Crippen molar-refractivity contribution in [2.24, 2.45) is 5.92 Å². The first kappa shape index (κ1) is 21.0. The summed E-state index contributed by atoms with van der Waals surface area (Å²) in [7, 11) is 0. The number of fused-ring (bicyclic) bond motifs is 1. The molecule has 0 spiro atoms. The molecule has 1 saturated heterocycles. The summed E-state index contributed by atoms with van der Waals surface area (Å²) in [5, 5.41) is 9.34. The lowest BCUT2D eigenvalue weighted by atomic mass is 9.83. The molecule has 4 rings (SSSR count). The minimum absolute atomic E-state index is 0.00586. The number of halogens is 5. The van der Waals surface area contributed by atoms with E-state index in [0.717, 1.165) is 0 Å². The average molecular weight is 431 g/mol. The predicted octanol–water partition coefficient (Wildman–Crippen LogP) is 3.93. The maximum atomic E-state index is 13.6. The van der Waals surface area contributed by atoms with E-state index in [-0.39, 0.29) is 67.4 Å². The second-order valence-electron chi connectivity index (χ2n) is 8.60. The molecule has 2 fully saturated rings. The van der Waals surface area contributed by atoms with Crippen LogP contribution in [0.15, 0.2) is 18.3 Å². The molecule has 1 aliphatic heterocycles. The summed E-state index contributed by atoms with van der Waals surface area (Å²) in [6.45, 7) is 1.88. The molecule has 30 heavy (non-hydrogen) atoms. The molecule has 3 heterocycles. The second-order valence-corrected chi connectivity index (χ2v) is 8.60. The van der Waals surface area contributed by atoms with Crippen LogP contribution in [0.4, 0.5) is 22.0 Å². The van der Waals surface area contributed by atoms with Gasteiger partial charge in [0.05, 0.1) is 17.8 Å². The number of pyridine rings is 1. The topological polar surface area (TPSA) is 57.6 Å². The molecular formula is C20H22F5N3O2. The minimum atomic E-state index is -4.69. The number of imidazole rings is 1. The predicted molar refractivity (Wildman–Crippen MR) is 97.3 cm³/mol. The molecule has 2 aliphatic rings. The Morgan fingerprint density at radius 3 is 2.53 bits per heavy atom. The van der Waals surface area contributed by atoms with Gasteiger partial charge in [-0.1, -0.05) is 0 Å². The van der Waals surface area contributed by atoms with E-state index >= 15 is 0 Å². The normalized spacial score (nSPS) is 24.4. The Balaban J connectivity index is 1.65. The van der Waals surface area contributed by atoms with Crippen LogP contribution in [0.25, 0.3) is 5.65 Å². The molecule has 0 radical (unpaired) electrons. The number of aliphatic hydroxyl groups is 1. The van der Waals surface area contributed by atoms with Gasteiger partial charge in [-0.2, -0.15) is 13.2 Å². The van der Waals surface area contributed by atoms with Crippen LogP contribution >= 0.6 is 0 Å². The van der Waals surface area contributed by atoms with Crippen LogP contribution in [-0.2, 0) is 12.6 Å². The number of hydrogen-bond donors (Lipinski definition) is 1. The van der Waals surface area contributed by atoms with Gasteiger partial charge in [-0.05, 0) is 44.2 Å². The van der Waals surface area contributed by atoms with Gasteiger partial charge >= 0.3 is 6.18 Å². The number of alkyl halides is 5. The highest BCUT2D eigenvalue weighted by Gasteiger charge is 2.50. The van der Waals surface area contributed by atoms with E-state index in [9.17, 15) is 31.9 Å². The van der Waals surface area contributed by atoms with Gasteiger partial charge in [0.2, 0.25) is 5.92 Å². The van der Waals surface area contributed by atoms with Crippen molar-refractivity contribution in [3.8, 4) is 0 Å². The number of nitrogens with zero attached hydrogens (tertiary/aromatic N) is 3. The molecule has 1 atom stereocenters. The third kappa shape index (κ3) is 3.77. The molecule has 1 aliphatic carbocycles. The highest BCUT2D eigenvalue weighted by atomic mass is 19.4. The number of aliphatic hydroxyl groups excluding tert-OH is 1. The summed E-state index contributed by atoms with van der Waals surface area (Å²) < 4.78 is 68.9. The van der Waals surface area contributed by atoms with E-state index in [1.165, 1.54) is 27.6 Å². The van der Waals surface area contributed by atoms with Crippen molar-refractivity contribution in [1.29, 1.82) is 0 Å². The van der Waals surface area contributed by atoms with Crippen molar-refractivity contribution in [2.75, 3.05) is 13.2 Å². The van der Waals surface area contributed by atoms with Crippen LogP contribution in [0, 0.1) is 5.92 Å². The smallest absolute Gasteiger partial charge is 0.394 e. The van der Waals surface area contributed by atoms with E-state index < -0.39 is 23.3 Å². The van der Waals surface area contributed by atoms with E-state index in [0.29, 0.717) is 6.54 Å². The molecule has 2 aromatic rings. The Morgan fingerprint density at radius 2 is 1.97 bits per heavy atom. The van der Waals surface area contributed by atoms with Gasteiger partial charge in [0.1, 0.15) is 5.65 Å². The molecule has 164 valence electrons. The second kappa shape index (κ2) is 6.90. The molecular weight excluding hydrogens is 409 g/mol. The molecule has 2 aromatic heterocycles. The quantitative estimate of drug-likeness (QED) is 0.590. The van der Waals surface area contributed by atoms with Gasteiger partial charge in [-0.15, -0.1) is 0 Å². The van der Waals surface area contributed by atoms with Crippen LogP contribution in [0.2, 0.25) is 0 Å². The van der Waals surface area contributed by atoms with Gasteiger partial charge in [0.25, 0.3) is 5.91 Å². The molecule has 10 heteroatoms. The van der Waals surface area contributed by atoms with E-state index in [1.807, 2.05) is 0 Å². The lowest BCUT2D eigenvalue weighted by Crippen LogP contribution is -2.26. The van der Waals surface area contributed by atoms with Gasteiger partial charge in [-0.25, -0.2) is 13.8 Å². The van der Waals surface area contributed by atoms with Crippen molar-refractivity contribution in [3.63, 3.8) is 0 Å². The van der Waals surface area contributed by atoms with E-state index in [1.54, 1.807) is 6.92 Å². The van der Waals surface area contributed by atoms with E-state index in [2.05, 4.69) is 4.98 Å². The molecule has 1 unspecified atom stereocenters. The Hall–Kier alpha value is -2.23. The van der Waals surface area contributed by atoms with Crippen molar-refractivity contribution in [1.82, 2.24) is 14.3 Å². The highest BCUT2D eigenvalue weighted by molar-refractivity contribution is 5.97. The lowest BCUT2D eigenvalue weighted by molar-refractivity contribution is -0.141. The minimum Gasteiger partial charge on any atom is -0.394 e. The number of aromatic nitrogens is 2. The summed E-state index contributed by atoms with van der Waals surface area (Å²) in [6, 6.07) is 2.72. The first-order valence-corrected chi connectivity index (χ1v) is 9.82. The Bertz CT molecular complexity index is 977. The van der Waals surface area contributed by atoms with Gasteiger partial charge < -0.3 is 14.4 Å². The fraction of sp³-hybridized carbons (Fsp3) is 0.600. The number of carbonyl (C=O) groups is 1. The van der Waals surface area contributed by atoms with Crippen LogP contribution < -0.4 is 0 Å². The summed E-state index contributed by atoms with van der Waals surface area (Å²) in [5.41, 5.74) is -1.60. The summed E-state index contributed by atoms with van der Waals surface area (Å²) in [4.78, 5) is 17.7. The monoisotopic (exact) mass is 431 g/mol. The zero-order chi connectivity index (χ0) is 21.9. The number of carbonyl (C=O) groups excluding carboxylic acids is 1. The summed E-state index contributed by atoms with van der Waals surface area (Å²) >= 11 is 0. The highest BCUT2D eigenvalue weighted by Crippen LogP contribution is 2.40. The van der Waals surface area contributed by atoms with Crippen LogP contribution in [-0.4, -0.2) is 49.9 Å². The Morgan fingerprint density at radius 1 is 1.30 bits per heavy atom. The molecule has 0 aromatic carbocycles. The fourth-order valence-electron chi connectivity index (χ4n) is 4.14. The maximum absolute atomic E-state index is 13.6. The van der Waals surface area contributed by atoms with E-state index in [4.69, 9.17) is 0 Å². The van der Waals surface area contributed by atoms with Gasteiger partial charge in [0.15, 0.2) is 5.69 Å². The molecule has 1 amide bonds. The third-order valence-corrected chi connectivity index (χ3v) is 6.19. The summed E-state index contributed by atoms with van der Waals surface area (Å²) in [5.74, 6) is -3.42. The third-order valence-electron chi connectivity index (χ3n) is 6.19. The number of rotatable bonds is 4. The lowest BCUT2D eigenvalue weighted by Gasteiger charge is -2.28.